The van der Waals surface area contributed by atoms with E-state index in [1.165, 1.54) is 71.0 Å². The highest BCUT2D eigenvalue weighted by molar-refractivity contribution is 4.90. The van der Waals surface area contributed by atoms with Crippen molar-refractivity contribution in [2.45, 2.75) is 63.0 Å². The number of hydrogen-bond acceptors (Lipinski definition) is 3. The zero-order valence-electron chi connectivity index (χ0n) is 12.2. The molecule has 2 aliphatic rings. The molecule has 106 valence electrons. The fourth-order valence-corrected chi connectivity index (χ4v) is 3.59. The summed E-state index contributed by atoms with van der Waals surface area (Å²) >= 11 is 0. The third-order valence-corrected chi connectivity index (χ3v) is 5.12. The molecule has 0 aromatic heterocycles. The summed E-state index contributed by atoms with van der Waals surface area (Å²) in [4.78, 5) is 2.63. The fourth-order valence-electron chi connectivity index (χ4n) is 3.59. The minimum atomic E-state index is 0.441. The van der Waals surface area contributed by atoms with Gasteiger partial charge in [-0.15, -0.1) is 0 Å². The maximum atomic E-state index is 5.44. The van der Waals surface area contributed by atoms with Crippen LogP contribution in [0.15, 0.2) is 0 Å². The Morgan fingerprint density at radius 3 is 2.39 bits per heavy atom. The molecule has 0 spiro atoms. The summed E-state index contributed by atoms with van der Waals surface area (Å²) in [5, 5.41) is 3.63. The molecule has 0 amide bonds. The lowest BCUT2D eigenvalue weighted by Gasteiger charge is -2.40. The third kappa shape index (κ3) is 3.69. The van der Waals surface area contributed by atoms with E-state index in [2.05, 4.69) is 17.3 Å². The highest BCUT2D eigenvalue weighted by Gasteiger charge is 2.30. The summed E-state index contributed by atoms with van der Waals surface area (Å²) in [6, 6.07) is 0. The normalized spacial score (nSPS) is 26.3. The van der Waals surface area contributed by atoms with Crippen LogP contribution in [0.25, 0.3) is 0 Å². The van der Waals surface area contributed by atoms with Crippen LogP contribution in [0.1, 0.15) is 51.4 Å². The molecule has 1 saturated heterocycles. The van der Waals surface area contributed by atoms with E-state index in [9.17, 15) is 0 Å². The lowest BCUT2D eigenvalue weighted by molar-refractivity contribution is 0.0373. The smallest absolute Gasteiger partial charge is 0.0595 e. The average Bonchev–Trinajstić information content (AvgIpc) is 2.47. The molecule has 0 unspecified atom stereocenters. The maximum Gasteiger partial charge on any atom is 0.0595 e. The van der Waals surface area contributed by atoms with Gasteiger partial charge in [-0.2, -0.15) is 0 Å². The van der Waals surface area contributed by atoms with Gasteiger partial charge >= 0.3 is 0 Å². The van der Waals surface area contributed by atoms with Gasteiger partial charge in [0.1, 0.15) is 0 Å². The van der Waals surface area contributed by atoms with E-state index in [1.54, 1.807) is 0 Å². The van der Waals surface area contributed by atoms with Crippen molar-refractivity contribution in [3.05, 3.63) is 0 Å². The molecule has 1 aliphatic carbocycles. The Morgan fingerprint density at radius 2 is 1.83 bits per heavy atom. The minimum absolute atomic E-state index is 0.441. The molecule has 2 rings (SSSR count). The van der Waals surface area contributed by atoms with E-state index >= 15 is 0 Å². The van der Waals surface area contributed by atoms with Gasteiger partial charge < -0.3 is 15.0 Å². The fraction of sp³-hybridized carbons (Fsp3) is 1.00. The monoisotopic (exact) mass is 254 g/mol. The van der Waals surface area contributed by atoms with Gasteiger partial charge in [0.2, 0.25) is 0 Å². The topological polar surface area (TPSA) is 24.5 Å². The first-order chi connectivity index (χ1) is 8.78. The zero-order chi connectivity index (χ0) is 12.8. The van der Waals surface area contributed by atoms with Crippen molar-refractivity contribution in [2.24, 2.45) is 0 Å². The van der Waals surface area contributed by atoms with Gasteiger partial charge in [-0.1, -0.05) is 19.3 Å². The predicted molar refractivity (Wildman–Crippen MR) is 76.0 cm³/mol. The molecule has 0 atom stereocenters. The second-order valence-corrected chi connectivity index (χ2v) is 6.12. The lowest BCUT2D eigenvalue weighted by atomic mass is 9.79. The quantitative estimate of drug-likeness (QED) is 0.815. The molecular weight excluding hydrogens is 224 g/mol. The standard InChI is InChI=1S/C15H30N2O/c1-16-15(8-4-3-5-9-15)10-13-17-11-6-14(18-2)7-12-17/h14,16H,3-13H2,1-2H3. The van der Waals surface area contributed by atoms with Crippen molar-refractivity contribution in [3.63, 3.8) is 0 Å². The molecule has 1 heterocycles. The molecule has 0 bridgehead atoms. The van der Waals surface area contributed by atoms with Crippen molar-refractivity contribution in [1.29, 1.82) is 0 Å². The second kappa shape index (κ2) is 6.88. The van der Waals surface area contributed by atoms with E-state index in [4.69, 9.17) is 4.74 Å². The second-order valence-electron chi connectivity index (χ2n) is 6.12. The number of ether oxygens (including phenoxy) is 1. The summed E-state index contributed by atoms with van der Waals surface area (Å²) in [5.74, 6) is 0. The first-order valence-corrected chi connectivity index (χ1v) is 7.72. The van der Waals surface area contributed by atoms with Crippen LogP contribution in [-0.2, 0) is 4.74 Å². The number of piperidine rings is 1. The van der Waals surface area contributed by atoms with E-state index in [0.29, 0.717) is 11.6 Å². The Labute approximate surface area is 112 Å². The van der Waals surface area contributed by atoms with Gasteiger partial charge in [0.25, 0.3) is 0 Å². The van der Waals surface area contributed by atoms with Crippen LogP contribution in [0.3, 0.4) is 0 Å². The zero-order valence-corrected chi connectivity index (χ0v) is 12.2. The largest absolute Gasteiger partial charge is 0.381 e. The SMILES string of the molecule is CNC1(CCN2CCC(OC)CC2)CCCCC1. The lowest BCUT2D eigenvalue weighted by Crippen LogP contribution is -2.48. The Hall–Kier alpha value is -0.120. The summed E-state index contributed by atoms with van der Waals surface area (Å²) in [5.41, 5.74) is 0.441. The molecule has 1 aliphatic heterocycles. The van der Waals surface area contributed by atoms with Crippen LogP contribution in [0, 0.1) is 0 Å². The molecule has 18 heavy (non-hydrogen) atoms. The summed E-state index contributed by atoms with van der Waals surface area (Å²) < 4.78 is 5.44. The van der Waals surface area contributed by atoms with E-state index in [-0.39, 0.29) is 0 Å². The number of nitrogens with one attached hydrogen (secondary N) is 1. The molecular formula is C15H30N2O. The highest BCUT2D eigenvalue weighted by atomic mass is 16.5. The molecule has 3 nitrogen and oxygen atoms in total. The van der Waals surface area contributed by atoms with Crippen molar-refractivity contribution >= 4 is 0 Å². The molecule has 3 heteroatoms. The molecule has 1 saturated carbocycles. The van der Waals surface area contributed by atoms with Crippen LogP contribution in [0.4, 0.5) is 0 Å². The minimum Gasteiger partial charge on any atom is -0.381 e. The van der Waals surface area contributed by atoms with Gasteiger partial charge in [-0.25, -0.2) is 0 Å². The van der Waals surface area contributed by atoms with Crippen LogP contribution >= 0.6 is 0 Å². The van der Waals surface area contributed by atoms with Crippen LogP contribution < -0.4 is 5.32 Å². The highest BCUT2D eigenvalue weighted by Crippen LogP contribution is 2.31. The maximum absolute atomic E-state index is 5.44. The van der Waals surface area contributed by atoms with Crippen LogP contribution in [-0.4, -0.2) is 50.3 Å². The van der Waals surface area contributed by atoms with Gasteiger partial charge in [-0.05, 0) is 45.7 Å². The van der Waals surface area contributed by atoms with Gasteiger partial charge in [0.05, 0.1) is 6.10 Å². The van der Waals surface area contributed by atoms with Gasteiger partial charge in [0.15, 0.2) is 0 Å². The first kappa shape index (κ1) is 14.3. The predicted octanol–water partition coefficient (Wildman–Crippen LogP) is 2.41. The molecule has 0 aromatic carbocycles. The summed E-state index contributed by atoms with van der Waals surface area (Å²) in [7, 11) is 4.00. The Morgan fingerprint density at radius 1 is 1.17 bits per heavy atom. The summed E-state index contributed by atoms with van der Waals surface area (Å²) in [6.45, 7) is 3.70. The summed E-state index contributed by atoms with van der Waals surface area (Å²) in [6.07, 6.45) is 11.2. The molecule has 2 fully saturated rings. The van der Waals surface area contributed by atoms with E-state index in [1.807, 2.05) is 7.11 Å². The third-order valence-electron chi connectivity index (χ3n) is 5.12. The van der Waals surface area contributed by atoms with Gasteiger partial charge in [-0.3, -0.25) is 0 Å². The van der Waals surface area contributed by atoms with Crippen molar-refractivity contribution in [3.8, 4) is 0 Å². The van der Waals surface area contributed by atoms with Crippen LogP contribution in [0.5, 0.6) is 0 Å². The van der Waals surface area contributed by atoms with Crippen LogP contribution in [0.2, 0.25) is 0 Å². The Balaban J connectivity index is 1.73. The molecule has 0 aromatic rings. The van der Waals surface area contributed by atoms with Crippen molar-refractivity contribution in [1.82, 2.24) is 10.2 Å². The number of methoxy groups -OCH3 is 1. The number of likely N-dealkylation sites (tertiary alicyclic amines) is 1. The molecule has 0 radical (unpaired) electrons. The Bertz CT molecular complexity index is 231. The first-order valence-electron chi connectivity index (χ1n) is 7.72. The Kier molecular flexibility index (Phi) is 5.46. The van der Waals surface area contributed by atoms with Gasteiger partial charge in [0, 0.05) is 25.7 Å². The number of nitrogens with zero attached hydrogens (tertiary/aromatic N) is 1. The average molecular weight is 254 g/mol. The number of hydrogen-bond donors (Lipinski definition) is 1. The van der Waals surface area contributed by atoms with E-state index in [0.717, 1.165) is 0 Å². The van der Waals surface area contributed by atoms with E-state index < -0.39 is 0 Å². The van der Waals surface area contributed by atoms with Crippen molar-refractivity contribution < 1.29 is 4.74 Å². The number of rotatable bonds is 5. The molecule has 1 N–H and O–H groups in total. The van der Waals surface area contributed by atoms with Crippen molar-refractivity contribution in [2.75, 3.05) is 33.8 Å².